The van der Waals surface area contributed by atoms with Gasteiger partial charge in [0.05, 0.1) is 5.69 Å². The molecule has 0 atom stereocenters. The predicted molar refractivity (Wildman–Crippen MR) is 59.2 cm³/mol. The average Bonchev–Trinajstić information content (AvgIpc) is 1.81. The van der Waals surface area contributed by atoms with E-state index < -0.39 is 0 Å². The summed E-state index contributed by atoms with van der Waals surface area (Å²) in [5.41, 5.74) is 10.9. The second-order valence-electron chi connectivity index (χ2n) is 2.16. The summed E-state index contributed by atoms with van der Waals surface area (Å²) in [5.74, 6) is -0.0201. The quantitative estimate of drug-likeness (QED) is 0.584. The summed E-state index contributed by atoms with van der Waals surface area (Å²) in [7, 11) is 0. The van der Waals surface area contributed by atoms with Crippen LogP contribution in [0.5, 0.6) is 0 Å². The number of hydrogen-bond acceptors (Lipinski definition) is 1. The van der Waals surface area contributed by atoms with Crippen LogP contribution in [0.25, 0.3) is 0 Å². The molecular formula is C7H8Cl3N3. The maximum absolute atomic E-state index is 5.70. The first-order chi connectivity index (χ1) is 5.58. The van der Waals surface area contributed by atoms with Crippen LogP contribution in [0.1, 0.15) is 0 Å². The molecule has 0 aliphatic carbocycles. The van der Waals surface area contributed by atoms with E-state index in [1.165, 1.54) is 0 Å². The van der Waals surface area contributed by atoms with Gasteiger partial charge in [0.2, 0.25) is 0 Å². The van der Waals surface area contributed by atoms with Crippen LogP contribution in [0.4, 0.5) is 5.69 Å². The molecule has 0 aliphatic heterocycles. The highest BCUT2D eigenvalue weighted by molar-refractivity contribution is 6.35. The fraction of sp³-hybridized carbons (Fsp3) is 0. The lowest BCUT2D eigenvalue weighted by atomic mass is 10.3. The molecule has 0 aromatic heterocycles. The van der Waals surface area contributed by atoms with Crippen molar-refractivity contribution in [2.45, 2.75) is 0 Å². The Morgan fingerprint density at radius 2 is 1.54 bits per heavy atom. The molecular weight excluding hydrogens is 232 g/mol. The predicted octanol–water partition coefficient (Wildman–Crippen LogP) is 2.32. The smallest absolute Gasteiger partial charge is 0.191 e. The van der Waals surface area contributed by atoms with Gasteiger partial charge >= 0.3 is 0 Å². The molecule has 3 nitrogen and oxygen atoms in total. The Labute approximate surface area is 92.1 Å². The van der Waals surface area contributed by atoms with Crippen LogP contribution in [0.15, 0.2) is 23.2 Å². The van der Waals surface area contributed by atoms with Crippen LogP contribution in [-0.4, -0.2) is 5.96 Å². The topological polar surface area (TPSA) is 64.4 Å². The maximum Gasteiger partial charge on any atom is 0.191 e. The van der Waals surface area contributed by atoms with Crippen LogP contribution in [0, 0.1) is 0 Å². The molecule has 0 fully saturated rings. The monoisotopic (exact) mass is 239 g/mol. The van der Waals surface area contributed by atoms with E-state index in [1.54, 1.807) is 18.2 Å². The fourth-order valence-corrected chi connectivity index (χ4v) is 1.27. The molecule has 1 aromatic rings. The van der Waals surface area contributed by atoms with Gasteiger partial charge in [0, 0.05) is 10.0 Å². The number of rotatable bonds is 1. The highest BCUT2D eigenvalue weighted by atomic mass is 35.5. The van der Waals surface area contributed by atoms with Gasteiger partial charge in [0.1, 0.15) is 0 Å². The first kappa shape index (κ1) is 12.4. The summed E-state index contributed by atoms with van der Waals surface area (Å²) in [4.78, 5) is 3.78. The zero-order chi connectivity index (χ0) is 9.14. The normalized spacial score (nSPS) is 8.77. The molecule has 72 valence electrons. The number of benzene rings is 1. The zero-order valence-electron chi connectivity index (χ0n) is 6.50. The molecule has 0 amide bonds. The van der Waals surface area contributed by atoms with E-state index in [0.29, 0.717) is 15.7 Å². The summed E-state index contributed by atoms with van der Waals surface area (Å²) in [5, 5.41) is 1.00. The number of nitrogens with zero attached hydrogens (tertiary/aromatic N) is 1. The zero-order valence-corrected chi connectivity index (χ0v) is 8.83. The van der Waals surface area contributed by atoms with Gasteiger partial charge in [-0.3, -0.25) is 0 Å². The van der Waals surface area contributed by atoms with Crippen molar-refractivity contribution >= 4 is 47.3 Å². The van der Waals surface area contributed by atoms with E-state index in [1.807, 2.05) is 0 Å². The van der Waals surface area contributed by atoms with Gasteiger partial charge in [-0.15, -0.1) is 12.4 Å². The third-order valence-electron chi connectivity index (χ3n) is 1.11. The molecule has 0 aliphatic rings. The van der Waals surface area contributed by atoms with Crippen molar-refractivity contribution in [3.8, 4) is 0 Å². The van der Waals surface area contributed by atoms with E-state index in [9.17, 15) is 0 Å². The van der Waals surface area contributed by atoms with Crippen molar-refractivity contribution in [2.24, 2.45) is 16.5 Å². The lowest BCUT2D eigenvalue weighted by molar-refractivity contribution is 1.42. The molecule has 13 heavy (non-hydrogen) atoms. The first-order valence-corrected chi connectivity index (χ1v) is 3.89. The molecule has 0 unspecified atom stereocenters. The summed E-state index contributed by atoms with van der Waals surface area (Å²) < 4.78 is 0. The molecule has 4 N–H and O–H groups in total. The maximum atomic E-state index is 5.70. The van der Waals surface area contributed by atoms with Gasteiger partial charge in [-0.05, 0) is 18.2 Å². The largest absolute Gasteiger partial charge is 0.370 e. The summed E-state index contributed by atoms with van der Waals surface area (Å²) in [6.45, 7) is 0. The van der Waals surface area contributed by atoms with Crippen LogP contribution >= 0.6 is 35.6 Å². The molecule has 0 heterocycles. The fourth-order valence-electron chi connectivity index (χ4n) is 0.753. The van der Waals surface area contributed by atoms with Gasteiger partial charge in [0.15, 0.2) is 5.96 Å². The minimum absolute atomic E-state index is 0. The molecule has 0 saturated carbocycles. The van der Waals surface area contributed by atoms with Crippen molar-refractivity contribution in [3.63, 3.8) is 0 Å². The van der Waals surface area contributed by atoms with Crippen molar-refractivity contribution in [1.29, 1.82) is 0 Å². The van der Waals surface area contributed by atoms with Crippen LogP contribution < -0.4 is 11.5 Å². The highest BCUT2D eigenvalue weighted by Crippen LogP contribution is 2.24. The van der Waals surface area contributed by atoms with Gasteiger partial charge in [-0.25, -0.2) is 4.99 Å². The Balaban J connectivity index is 0.00000144. The third kappa shape index (κ3) is 4.22. The Morgan fingerprint density at radius 3 is 1.92 bits per heavy atom. The van der Waals surface area contributed by atoms with E-state index >= 15 is 0 Å². The first-order valence-electron chi connectivity index (χ1n) is 3.13. The Hall–Kier alpha value is -0.640. The van der Waals surface area contributed by atoms with Gasteiger partial charge in [-0.1, -0.05) is 23.2 Å². The molecule has 0 radical (unpaired) electrons. The molecule has 1 aromatic carbocycles. The lowest BCUT2D eigenvalue weighted by Crippen LogP contribution is -2.21. The van der Waals surface area contributed by atoms with Crippen molar-refractivity contribution in [2.75, 3.05) is 0 Å². The Kier molecular flexibility index (Phi) is 4.91. The second-order valence-corrected chi connectivity index (χ2v) is 3.04. The summed E-state index contributed by atoms with van der Waals surface area (Å²) in [6.07, 6.45) is 0. The number of nitrogens with two attached hydrogens (primary N) is 2. The van der Waals surface area contributed by atoms with Crippen molar-refractivity contribution in [3.05, 3.63) is 28.2 Å². The van der Waals surface area contributed by atoms with Gasteiger partial charge in [-0.2, -0.15) is 0 Å². The molecule has 0 spiro atoms. The van der Waals surface area contributed by atoms with E-state index in [0.717, 1.165) is 0 Å². The molecule has 1 rings (SSSR count). The number of hydrogen-bond donors (Lipinski definition) is 2. The Morgan fingerprint density at radius 1 is 1.08 bits per heavy atom. The minimum atomic E-state index is -0.0201. The third-order valence-corrected chi connectivity index (χ3v) is 1.54. The lowest BCUT2D eigenvalue weighted by Gasteiger charge is -1.97. The van der Waals surface area contributed by atoms with Crippen LogP contribution in [0.2, 0.25) is 10.0 Å². The number of guanidine groups is 1. The van der Waals surface area contributed by atoms with E-state index in [2.05, 4.69) is 4.99 Å². The number of aliphatic imine (C=N–C) groups is 1. The standard InChI is InChI=1S/C7H7Cl2N3.ClH/c8-4-1-5(9)3-6(2-4)12-7(10)11;/h1-3H,(H4,10,11,12);1H. The number of halogens is 3. The van der Waals surface area contributed by atoms with Crippen LogP contribution in [0.3, 0.4) is 0 Å². The second kappa shape index (κ2) is 5.17. The van der Waals surface area contributed by atoms with Crippen molar-refractivity contribution < 1.29 is 0 Å². The molecule has 6 heteroatoms. The highest BCUT2D eigenvalue weighted by Gasteiger charge is 1.96. The van der Waals surface area contributed by atoms with Crippen molar-refractivity contribution in [1.82, 2.24) is 0 Å². The SMILES string of the molecule is Cl.NC(N)=Nc1cc(Cl)cc(Cl)c1. The minimum Gasteiger partial charge on any atom is -0.370 e. The summed E-state index contributed by atoms with van der Waals surface area (Å²) >= 11 is 11.4. The molecule has 0 bridgehead atoms. The Bertz CT molecular complexity index is 301. The van der Waals surface area contributed by atoms with Gasteiger partial charge < -0.3 is 11.5 Å². The average molecular weight is 241 g/mol. The van der Waals surface area contributed by atoms with E-state index in [4.69, 9.17) is 34.7 Å². The van der Waals surface area contributed by atoms with Gasteiger partial charge in [0.25, 0.3) is 0 Å². The summed E-state index contributed by atoms with van der Waals surface area (Å²) in [6, 6.07) is 4.84. The molecule has 0 saturated heterocycles. The van der Waals surface area contributed by atoms with E-state index in [-0.39, 0.29) is 18.4 Å². The van der Waals surface area contributed by atoms with Crippen LogP contribution in [-0.2, 0) is 0 Å².